The highest BCUT2D eigenvalue weighted by atomic mass is 31.2. The van der Waals surface area contributed by atoms with Crippen LogP contribution in [0.3, 0.4) is 0 Å². The van der Waals surface area contributed by atoms with Crippen LogP contribution in [0.1, 0.15) is 213 Å². The summed E-state index contributed by atoms with van der Waals surface area (Å²) in [6.07, 6.45) is 27.8. The van der Waals surface area contributed by atoms with Crippen molar-refractivity contribution in [1.29, 1.82) is 0 Å². The van der Waals surface area contributed by atoms with Gasteiger partial charge in [0.15, 0.2) is 0 Å². The molecule has 1 saturated carbocycles. The average Bonchev–Trinajstić information content (AvgIpc) is 3.24. The van der Waals surface area contributed by atoms with Gasteiger partial charge in [-0.2, -0.15) is 0 Å². The molecule has 1 aliphatic rings. The zero-order valence-electron chi connectivity index (χ0n) is 38.8. The summed E-state index contributed by atoms with van der Waals surface area (Å²) in [5.41, 5.74) is 0. The summed E-state index contributed by atoms with van der Waals surface area (Å²) in [5, 5.41) is 74.7. The molecular formula is C48H92NO12P. The standard InChI is InChI=1S/C48H92NO12P/c1-3-5-7-9-11-13-15-17-19-20-22-24-26-28-30-32-34-36-41(51)40(38-60-62(58,59)61-48-46(56)44(54)43(53)45(55)47(48)57)49-42(52)37-39(50)35-33-31-29-27-25-23-21-18-16-14-12-10-8-6-4-2/h12,14,18,21,39-41,43-48,50-51,53-57H,3-11,13,15-17,19-20,22-38H2,1-2H3,(H,49,52)(H,58,59)/b14-12-,21-18-. The maximum Gasteiger partial charge on any atom is 0.472 e. The zero-order chi connectivity index (χ0) is 45.9. The van der Waals surface area contributed by atoms with Crippen LogP contribution < -0.4 is 5.32 Å². The second kappa shape index (κ2) is 37.9. The number of carbonyl (C=O) groups excluding carboxylic acids is 1. The van der Waals surface area contributed by atoms with E-state index in [2.05, 4.69) is 43.5 Å². The number of unbranched alkanes of at least 4 members (excludes halogenated alkanes) is 24. The van der Waals surface area contributed by atoms with Crippen LogP contribution in [0.15, 0.2) is 24.3 Å². The molecule has 14 heteroatoms. The van der Waals surface area contributed by atoms with Crippen LogP contribution >= 0.6 is 7.82 Å². The number of amides is 1. The van der Waals surface area contributed by atoms with Crippen molar-refractivity contribution in [2.24, 2.45) is 0 Å². The number of rotatable bonds is 41. The Morgan fingerprint density at radius 1 is 0.565 bits per heavy atom. The van der Waals surface area contributed by atoms with Crippen LogP contribution in [-0.2, 0) is 18.4 Å². The molecular weight excluding hydrogens is 813 g/mol. The first-order valence-corrected chi connectivity index (χ1v) is 26.4. The zero-order valence-corrected chi connectivity index (χ0v) is 39.7. The number of nitrogens with one attached hydrogen (secondary N) is 1. The van der Waals surface area contributed by atoms with Crippen molar-refractivity contribution in [2.75, 3.05) is 6.61 Å². The van der Waals surface area contributed by atoms with Gasteiger partial charge in [-0.05, 0) is 44.9 Å². The third-order valence-electron chi connectivity index (χ3n) is 12.1. The van der Waals surface area contributed by atoms with E-state index in [-0.39, 0.29) is 12.8 Å². The number of carbonyl (C=O) groups is 1. The van der Waals surface area contributed by atoms with Crippen molar-refractivity contribution in [3.05, 3.63) is 24.3 Å². The van der Waals surface area contributed by atoms with E-state index in [1.54, 1.807) is 0 Å². The fraction of sp³-hybridized carbons (Fsp3) is 0.896. The molecule has 0 spiro atoms. The lowest BCUT2D eigenvalue weighted by Gasteiger charge is -2.41. The number of hydrogen-bond acceptors (Lipinski definition) is 11. The van der Waals surface area contributed by atoms with Crippen LogP contribution in [0.2, 0.25) is 0 Å². The van der Waals surface area contributed by atoms with Gasteiger partial charge < -0.3 is 46.0 Å². The minimum absolute atomic E-state index is 0.230. The van der Waals surface area contributed by atoms with Crippen LogP contribution in [0.25, 0.3) is 0 Å². The number of hydrogen-bond donors (Lipinski definition) is 9. The highest BCUT2D eigenvalue weighted by molar-refractivity contribution is 7.47. The Bertz CT molecular complexity index is 1160. The number of aliphatic hydroxyl groups is 7. The molecule has 1 aliphatic carbocycles. The lowest BCUT2D eigenvalue weighted by atomic mass is 9.85. The molecule has 366 valence electrons. The van der Waals surface area contributed by atoms with E-state index in [1.807, 2.05) is 0 Å². The van der Waals surface area contributed by atoms with Gasteiger partial charge in [0.2, 0.25) is 5.91 Å². The first-order valence-electron chi connectivity index (χ1n) is 24.9. The smallest absolute Gasteiger partial charge is 0.393 e. The predicted octanol–water partition coefficient (Wildman–Crippen LogP) is 8.76. The monoisotopic (exact) mass is 906 g/mol. The minimum atomic E-state index is -5.12. The minimum Gasteiger partial charge on any atom is -0.393 e. The van der Waals surface area contributed by atoms with Gasteiger partial charge in [-0.1, -0.05) is 186 Å². The van der Waals surface area contributed by atoms with Gasteiger partial charge in [-0.15, -0.1) is 0 Å². The summed E-state index contributed by atoms with van der Waals surface area (Å²) in [6.45, 7) is 3.77. The Morgan fingerprint density at radius 3 is 1.44 bits per heavy atom. The Morgan fingerprint density at radius 2 is 0.952 bits per heavy atom. The normalized spacial score (nSPS) is 23.2. The molecule has 0 heterocycles. The molecule has 0 aromatic rings. The van der Waals surface area contributed by atoms with Gasteiger partial charge in [-0.25, -0.2) is 4.57 Å². The molecule has 0 radical (unpaired) electrons. The van der Waals surface area contributed by atoms with E-state index < -0.39 is 75.2 Å². The Kier molecular flexibility index (Phi) is 36.0. The summed E-state index contributed by atoms with van der Waals surface area (Å²) in [4.78, 5) is 23.5. The van der Waals surface area contributed by atoms with Crippen LogP contribution in [0.5, 0.6) is 0 Å². The topological polar surface area (TPSA) is 226 Å². The fourth-order valence-corrected chi connectivity index (χ4v) is 8.95. The molecule has 62 heavy (non-hydrogen) atoms. The van der Waals surface area contributed by atoms with Gasteiger partial charge in [0, 0.05) is 0 Å². The Labute approximate surface area is 375 Å². The molecule has 9 N–H and O–H groups in total. The molecule has 8 atom stereocenters. The highest BCUT2D eigenvalue weighted by Gasteiger charge is 2.51. The SMILES string of the molecule is CCCCC/C=C\C/C=C\CCCCCCCC(O)CC(=O)NC(COP(=O)(O)OC1C(O)C(O)C(O)C(O)C1O)C(O)CCCCCCCCCCCCCCCCCCC. The first-order chi connectivity index (χ1) is 29.8. The molecule has 13 nitrogen and oxygen atoms in total. The molecule has 1 fully saturated rings. The number of phosphoric acid groups is 1. The van der Waals surface area contributed by atoms with E-state index in [1.165, 1.54) is 96.3 Å². The van der Waals surface area contributed by atoms with Gasteiger partial charge in [0.05, 0.1) is 31.3 Å². The van der Waals surface area contributed by atoms with Gasteiger partial charge in [-0.3, -0.25) is 13.8 Å². The lowest BCUT2D eigenvalue weighted by molar-refractivity contribution is -0.220. The summed E-state index contributed by atoms with van der Waals surface area (Å²) < 4.78 is 23.0. The second-order valence-electron chi connectivity index (χ2n) is 17.9. The third kappa shape index (κ3) is 29.3. The molecule has 0 saturated heterocycles. The quantitative estimate of drug-likeness (QED) is 0.0159. The van der Waals surface area contributed by atoms with Crippen molar-refractivity contribution < 1.29 is 59.0 Å². The van der Waals surface area contributed by atoms with E-state index in [0.29, 0.717) is 12.8 Å². The Balaban J connectivity index is 2.50. The van der Waals surface area contributed by atoms with Crippen molar-refractivity contribution in [3.63, 3.8) is 0 Å². The Hall–Kier alpha value is -1.22. The molecule has 1 rings (SSSR count). The van der Waals surface area contributed by atoms with E-state index in [9.17, 15) is 50.0 Å². The van der Waals surface area contributed by atoms with Crippen LogP contribution in [0, 0.1) is 0 Å². The summed E-state index contributed by atoms with van der Waals surface area (Å²) in [7, 11) is -5.12. The largest absolute Gasteiger partial charge is 0.472 e. The highest BCUT2D eigenvalue weighted by Crippen LogP contribution is 2.47. The summed E-state index contributed by atoms with van der Waals surface area (Å²) >= 11 is 0. The van der Waals surface area contributed by atoms with E-state index in [0.717, 1.165) is 77.0 Å². The molecule has 0 aliphatic heterocycles. The van der Waals surface area contributed by atoms with Crippen molar-refractivity contribution in [3.8, 4) is 0 Å². The van der Waals surface area contributed by atoms with Crippen molar-refractivity contribution >= 4 is 13.7 Å². The van der Waals surface area contributed by atoms with Crippen molar-refractivity contribution in [2.45, 2.75) is 268 Å². The molecule has 1 amide bonds. The van der Waals surface area contributed by atoms with E-state index in [4.69, 9.17) is 9.05 Å². The fourth-order valence-electron chi connectivity index (χ4n) is 7.98. The predicted molar refractivity (Wildman–Crippen MR) is 247 cm³/mol. The van der Waals surface area contributed by atoms with Crippen LogP contribution in [0.4, 0.5) is 0 Å². The number of allylic oxidation sites excluding steroid dienone is 4. The van der Waals surface area contributed by atoms with Gasteiger partial charge in [0.1, 0.15) is 36.6 Å². The lowest BCUT2D eigenvalue weighted by Crippen LogP contribution is -2.64. The van der Waals surface area contributed by atoms with Crippen LogP contribution in [-0.4, -0.2) is 108 Å². The molecule has 0 aromatic carbocycles. The summed E-state index contributed by atoms with van der Waals surface area (Å²) in [6, 6.07) is -1.16. The summed E-state index contributed by atoms with van der Waals surface area (Å²) in [5.74, 6) is -0.567. The number of phosphoric ester groups is 1. The molecule has 8 unspecified atom stereocenters. The molecule has 0 aromatic heterocycles. The maximum atomic E-state index is 13.0. The van der Waals surface area contributed by atoms with Gasteiger partial charge in [0.25, 0.3) is 0 Å². The maximum absolute atomic E-state index is 13.0. The van der Waals surface area contributed by atoms with E-state index >= 15 is 0 Å². The number of aliphatic hydroxyl groups excluding tert-OH is 7. The third-order valence-corrected chi connectivity index (χ3v) is 13.1. The van der Waals surface area contributed by atoms with Gasteiger partial charge >= 0.3 is 7.82 Å². The second-order valence-corrected chi connectivity index (χ2v) is 19.3. The first kappa shape index (κ1) is 58.8. The van der Waals surface area contributed by atoms with Crippen molar-refractivity contribution in [1.82, 2.24) is 5.32 Å². The average molecular weight is 906 g/mol. The molecule has 0 bridgehead atoms.